The molecule has 0 saturated carbocycles. The third kappa shape index (κ3) is 5.13. The number of para-hydroxylation sites is 1. The molecular formula is C19H28N2. The fraction of sp³-hybridized carbons (Fsp3) is 0.526. The largest absolute Gasteiger partial charge is 0.312 e. The van der Waals surface area contributed by atoms with Gasteiger partial charge in [0.1, 0.15) is 0 Å². The molecule has 1 N–H and O–H groups in total. The van der Waals surface area contributed by atoms with E-state index in [0.717, 1.165) is 24.9 Å². The van der Waals surface area contributed by atoms with E-state index in [0.29, 0.717) is 0 Å². The molecule has 0 saturated heterocycles. The summed E-state index contributed by atoms with van der Waals surface area (Å²) in [5.41, 5.74) is 2.73. The van der Waals surface area contributed by atoms with Crippen LogP contribution in [-0.2, 0) is 6.42 Å². The average molecular weight is 284 g/mol. The van der Waals surface area contributed by atoms with Crippen molar-refractivity contribution in [1.82, 2.24) is 10.3 Å². The van der Waals surface area contributed by atoms with Crippen molar-refractivity contribution in [3.05, 3.63) is 42.1 Å². The Morgan fingerprint density at radius 2 is 1.67 bits per heavy atom. The first-order chi connectivity index (χ1) is 9.75. The lowest BCUT2D eigenvalue weighted by Crippen LogP contribution is -2.38. The number of nitrogens with zero attached hydrogens (tertiary/aromatic N) is 1. The Labute approximate surface area is 129 Å². The van der Waals surface area contributed by atoms with Crippen molar-refractivity contribution in [1.29, 1.82) is 0 Å². The number of fused-ring (bicyclic) bond motifs is 1. The SMILES string of the molecule is CC(C)(CCNC(C)(C)C)Cc1ccc2ccccc2n1. The van der Waals surface area contributed by atoms with E-state index in [1.165, 1.54) is 11.1 Å². The highest BCUT2D eigenvalue weighted by atomic mass is 14.9. The molecule has 0 amide bonds. The fourth-order valence-electron chi connectivity index (χ4n) is 2.56. The highest BCUT2D eigenvalue weighted by Crippen LogP contribution is 2.26. The highest BCUT2D eigenvalue weighted by Gasteiger charge is 2.20. The van der Waals surface area contributed by atoms with Gasteiger partial charge in [-0.2, -0.15) is 0 Å². The molecule has 0 aliphatic rings. The summed E-state index contributed by atoms with van der Waals surface area (Å²) in [5.74, 6) is 0. The Balaban J connectivity index is 2.00. The summed E-state index contributed by atoms with van der Waals surface area (Å²) in [6, 6.07) is 12.7. The lowest BCUT2D eigenvalue weighted by atomic mass is 9.84. The predicted octanol–water partition coefficient (Wildman–Crippen LogP) is 4.58. The first-order valence-corrected chi connectivity index (χ1v) is 7.85. The van der Waals surface area contributed by atoms with Gasteiger partial charge in [-0.1, -0.05) is 38.1 Å². The number of nitrogens with one attached hydrogen (secondary N) is 1. The van der Waals surface area contributed by atoms with Gasteiger partial charge >= 0.3 is 0 Å². The van der Waals surface area contributed by atoms with Gasteiger partial charge in [-0.15, -0.1) is 0 Å². The zero-order valence-corrected chi connectivity index (χ0v) is 14.0. The van der Waals surface area contributed by atoms with Crippen molar-refractivity contribution in [2.75, 3.05) is 6.54 Å². The Hall–Kier alpha value is -1.41. The molecule has 2 nitrogen and oxygen atoms in total. The average Bonchev–Trinajstić information content (AvgIpc) is 2.36. The molecule has 0 atom stereocenters. The maximum atomic E-state index is 4.80. The summed E-state index contributed by atoms with van der Waals surface area (Å²) in [7, 11) is 0. The molecule has 2 rings (SSSR count). The van der Waals surface area contributed by atoms with Crippen molar-refractivity contribution >= 4 is 10.9 Å². The summed E-state index contributed by atoms with van der Waals surface area (Å²) in [6.45, 7) is 12.3. The minimum Gasteiger partial charge on any atom is -0.312 e. The third-order valence-electron chi connectivity index (χ3n) is 3.77. The normalized spacial score (nSPS) is 12.8. The molecule has 1 aromatic carbocycles. The monoisotopic (exact) mass is 284 g/mol. The summed E-state index contributed by atoms with van der Waals surface area (Å²) < 4.78 is 0. The predicted molar refractivity (Wildman–Crippen MR) is 91.6 cm³/mol. The van der Waals surface area contributed by atoms with E-state index < -0.39 is 0 Å². The highest BCUT2D eigenvalue weighted by molar-refractivity contribution is 5.78. The standard InChI is InChI=1S/C19H28N2/c1-18(2,3)20-13-12-19(4,5)14-16-11-10-15-8-6-7-9-17(15)21-16/h6-11,20H,12-14H2,1-5H3. The van der Waals surface area contributed by atoms with Crippen LogP contribution in [0.2, 0.25) is 0 Å². The van der Waals surface area contributed by atoms with Gasteiger partial charge in [-0.25, -0.2) is 0 Å². The summed E-state index contributed by atoms with van der Waals surface area (Å²) in [6.07, 6.45) is 2.17. The van der Waals surface area contributed by atoms with E-state index in [9.17, 15) is 0 Å². The second-order valence-corrected chi connectivity index (χ2v) is 7.76. The number of pyridine rings is 1. The Morgan fingerprint density at radius 1 is 0.952 bits per heavy atom. The van der Waals surface area contributed by atoms with Crippen molar-refractivity contribution in [3.63, 3.8) is 0 Å². The van der Waals surface area contributed by atoms with E-state index in [4.69, 9.17) is 4.98 Å². The summed E-state index contributed by atoms with van der Waals surface area (Å²) in [4.78, 5) is 4.80. The van der Waals surface area contributed by atoms with Crippen LogP contribution in [0, 0.1) is 5.41 Å². The van der Waals surface area contributed by atoms with Gasteiger partial charge in [-0.05, 0) is 57.7 Å². The third-order valence-corrected chi connectivity index (χ3v) is 3.77. The fourth-order valence-corrected chi connectivity index (χ4v) is 2.56. The first kappa shape index (κ1) is 16.0. The molecule has 2 aromatic rings. The Kier molecular flexibility index (Phi) is 4.67. The van der Waals surface area contributed by atoms with Crippen LogP contribution in [0.4, 0.5) is 0 Å². The van der Waals surface area contributed by atoms with Gasteiger partial charge in [0, 0.05) is 16.6 Å². The molecule has 1 aromatic heterocycles. The molecule has 0 radical (unpaired) electrons. The Morgan fingerprint density at radius 3 is 2.38 bits per heavy atom. The summed E-state index contributed by atoms with van der Waals surface area (Å²) in [5, 5.41) is 4.79. The van der Waals surface area contributed by atoms with Gasteiger partial charge in [0.2, 0.25) is 0 Å². The molecule has 0 bridgehead atoms. The van der Waals surface area contributed by atoms with Crippen molar-refractivity contribution < 1.29 is 0 Å². The van der Waals surface area contributed by atoms with E-state index in [-0.39, 0.29) is 11.0 Å². The molecule has 2 heteroatoms. The van der Waals surface area contributed by atoms with Crippen LogP contribution < -0.4 is 5.32 Å². The zero-order valence-electron chi connectivity index (χ0n) is 14.0. The topological polar surface area (TPSA) is 24.9 Å². The quantitative estimate of drug-likeness (QED) is 0.869. The number of rotatable bonds is 5. The first-order valence-electron chi connectivity index (χ1n) is 7.85. The van der Waals surface area contributed by atoms with Crippen LogP contribution in [0.1, 0.15) is 46.7 Å². The van der Waals surface area contributed by atoms with Crippen LogP contribution >= 0.6 is 0 Å². The molecule has 0 unspecified atom stereocenters. The second kappa shape index (κ2) is 6.15. The number of benzene rings is 1. The van der Waals surface area contributed by atoms with Crippen LogP contribution in [0.15, 0.2) is 36.4 Å². The van der Waals surface area contributed by atoms with Crippen LogP contribution in [0.5, 0.6) is 0 Å². The van der Waals surface area contributed by atoms with E-state index in [1.807, 2.05) is 0 Å². The van der Waals surface area contributed by atoms with E-state index in [2.05, 4.69) is 76.3 Å². The minimum absolute atomic E-state index is 0.192. The molecule has 0 aliphatic heterocycles. The molecular weight excluding hydrogens is 256 g/mol. The van der Waals surface area contributed by atoms with Crippen molar-refractivity contribution in [2.45, 2.75) is 53.0 Å². The van der Waals surface area contributed by atoms with Crippen LogP contribution in [0.25, 0.3) is 10.9 Å². The van der Waals surface area contributed by atoms with Crippen molar-refractivity contribution in [3.8, 4) is 0 Å². The van der Waals surface area contributed by atoms with E-state index in [1.54, 1.807) is 0 Å². The zero-order chi connectivity index (χ0) is 15.5. The van der Waals surface area contributed by atoms with Gasteiger partial charge in [0.15, 0.2) is 0 Å². The van der Waals surface area contributed by atoms with Crippen LogP contribution in [-0.4, -0.2) is 17.1 Å². The lowest BCUT2D eigenvalue weighted by molar-refractivity contribution is 0.300. The molecule has 114 valence electrons. The van der Waals surface area contributed by atoms with Gasteiger partial charge in [0.25, 0.3) is 0 Å². The van der Waals surface area contributed by atoms with Gasteiger partial charge in [0.05, 0.1) is 5.52 Å². The lowest BCUT2D eigenvalue weighted by Gasteiger charge is -2.27. The van der Waals surface area contributed by atoms with Gasteiger partial charge in [-0.3, -0.25) is 4.98 Å². The minimum atomic E-state index is 0.192. The number of hydrogen-bond donors (Lipinski definition) is 1. The Bertz CT molecular complexity index is 594. The summed E-state index contributed by atoms with van der Waals surface area (Å²) >= 11 is 0. The van der Waals surface area contributed by atoms with E-state index >= 15 is 0 Å². The molecule has 0 aliphatic carbocycles. The van der Waals surface area contributed by atoms with Crippen LogP contribution in [0.3, 0.4) is 0 Å². The van der Waals surface area contributed by atoms with Gasteiger partial charge < -0.3 is 5.32 Å². The second-order valence-electron chi connectivity index (χ2n) is 7.76. The molecule has 21 heavy (non-hydrogen) atoms. The molecule has 0 spiro atoms. The maximum absolute atomic E-state index is 4.80. The maximum Gasteiger partial charge on any atom is 0.0705 e. The smallest absolute Gasteiger partial charge is 0.0705 e. The van der Waals surface area contributed by atoms with Crippen molar-refractivity contribution in [2.24, 2.45) is 5.41 Å². The molecule has 0 fully saturated rings. The number of hydrogen-bond acceptors (Lipinski definition) is 2. The molecule has 1 heterocycles. The number of aromatic nitrogens is 1.